The van der Waals surface area contributed by atoms with Crippen LogP contribution in [0, 0.1) is 17.8 Å². The minimum Gasteiger partial charge on any atom is -0.481 e. The molecule has 16 atom stereocenters. The van der Waals surface area contributed by atoms with E-state index >= 15 is 0 Å². The van der Waals surface area contributed by atoms with Crippen molar-refractivity contribution in [3.63, 3.8) is 0 Å². The van der Waals surface area contributed by atoms with Gasteiger partial charge in [-0.2, -0.15) is 0 Å². The minimum atomic E-state index is -2.25. The third kappa shape index (κ3) is 52.8. The molecule has 770 valence electrons. The molecule has 0 rings (SSSR count). The maximum atomic E-state index is 14.6. The molecule has 0 saturated heterocycles. The molecule has 0 aliphatic rings. The molecule has 0 bridgehead atoms. The molecule has 56 nitrogen and oxygen atoms in total. The van der Waals surface area contributed by atoms with Gasteiger partial charge < -0.3 is 156 Å². The number of nitrogens with two attached hydrogens (primary N) is 7. The van der Waals surface area contributed by atoms with E-state index in [1.165, 1.54) is 7.05 Å². The van der Waals surface area contributed by atoms with E-state index in [2.05, 4.69) is 79.8 Å². The Balaban J connectivity index is 7.66. The summed E-state index contributed by atoms with van der Waals surface area (Å²) in [6, 6.07) is -28.9. The standard InChI is InChI=1S/C81H133N23O33/c1-8-39(6)33-61(112)90-41(16-25-62(113)114)69(125)94-49(20-29-66(121)122)77(133)104-54(36-105)81(137)99-45(15-24-58(86)109)75(131)103-53(35-60(88)111)79(135)97-44(14-23-57(85)108)72(128)92-42(12-21-55(83)106)70(126)95-46(17-26-63(115)116)73(129)91-40(11-9-10-30-82)68(124)102-52(34-59(87)110)80(136)98-47(18-27-64(117)118)74(130)93-43(13-22-56(84)107)71(127)96-48(19-28-65(119)120)76(132)101-51(32-38(4)5)78(134)100-50(31-37(2)3)67(123)89-7/h37-54,105H,8-36,82H2,1-7H3,(H2,83,106)(H2,84,107)(H2,85,108)(H2,86,109)(H2,87,110)(H2,88,111)(H,89,123)(H,90,112)(H,91,129)(H,92,128)(H,93,130)(H,94,125)(H,95,126)(H,96,127)(H,97,135)(H,98,136)(H,99,137)(H,100,134)(H,101,132)(H,102,124)(H,103,131)(H,104,133)(H,113,114)(H,115,116)(H,117,118)(H,119,120)(H,121,122). The number of amides is 22. The van der Waals surface area contributed by atoms with Gasteiger partial charge >= 0.3 is 29.8 Å². The number of aliphatic hydroxyl groups excluding tert-OH is 1. The van der Waals surface area contributed by atoms with Gasteiger partial charge in [0.25, 0.3) is 0 Å². The summed E-state index contributed by atoms with van der Waals surface area (Å²) in [6.07, 6.45) is -16.6. The Morgan fingerprint density at radius 2 is 0.438 bits per heavy atom. The Hall–Kier alpha value is -14.4. The number of carboxylic acids is 5. The van der Waals surface area contributed by atoms with Crippen molar-refractivity contribution in [2.24, 2.45) is 57.9 Å². The van der Waals surface area contributed by atoms with Gasteiger partial charge in [-0.15, -0.1) is 0 Å². The van der Waals surface area contributed by atoms with E-state index in [4.69, 9.17) is 40.1 Å². The first-order chi connectivity index (χ1) is 64.0. The first-order valence-electron chi connectivity index (χ1n) is 43.8. The van der Waals surface area contributed by atoms with Gasteiger partial charge in [-0.3, -0.25) is 129 Å². The van der Waals surface area contributed by atoms with Crippen molar-refractivity contribution in [3.8, 4) is 0 Å². The number of nitrogens with one attached hydrogen (secondary N) is 16. The third-order valence-corrected chi connectivity index (χ3v) is 20.3. The van der Waals surface area contributed by atoms with Crippen LogP contribution in [0.1, 0.15) is 215 Å². The first kappa shape index (κ1) is 123. The van der Waals surface area contributed by atoms with E-state index in [0.29, 0.717) is 6.42 Å². The molecule has 0 aromatic heterocycles. The Morgan fingerprint density at radius 3 is 0.650 bits per heavy atom. The van der Waals surface area contributed by atoms with Crippen molar-refractivity contribution < 1.29 is 160 Å². The molecule has 36 N–H and O–H groups in total. The molecule has 0 aromatic carbocycles. The number of likely N-dealkylation sites (N-methyl/N-ethyl adjacent to an activating group) is 1. The Bertz CT molecular complexity index is 4270. The lowest BCUT2D eigenvalue weighted by Gasteiger charge is -2.28. The summed E-state index contributed by atoms with van der Waals surface area (Å²) in [6.45, 7) is 8.96. The summed E-state index contributed by atoms with van der Waals surface area (Å²) in [5.74, 6) is -35.9. The number of primary amides is 6. The first-order valence-corrected chi connectivity index (χ1v) is 43.8. The summed E-state index contributed by atoms with van der Waals surface area (Å²) in [4.78, 5) is 358. The summed E-state index contributed by atoms with van der Waals surface area (Å²) in [5, 5.41) is 94.2. The third-order valence-electron chi connectivity index (χ3n) is 20.3. The van der Waals surface area contributed by atoms with Crippen LogP contribution in [0.3, 0.4) is 0 Å². The highest BCUT2D eigenvalue weighted by atomic mass is 16.4. The van der Waals surface area contributed by atoms with Gasteiger partial charge in [0, 0.05) is 71.3 Å². The molecule has 0 heterocycles. The van der Waals surface area contributed by atoms with Crippen molar-refractivity contribution >= 4 is 160 Å². The number of carboxylic acid groups (broad SMARTS) is 5. The van der Waals surface area contributed by atoms with Crippen LogP contribution in [-0.2, 0) is 129 Å². The molecule has 0 aliphatic heterocycles. The highest BCUT2D eigenvalue weighted by molar-refractivity contribution is 6.03. The molecule has 22 amide bonds. The molecule has 0 saturated carbocycles. The monoisotopic (exact) mass is 1960 g/mol. The highest BCUT2D eigenvalue weighted by Gasteiger charge is 2.41. The average molecular weight is 1960 g/mol. The van der Waals surface area contributed by atoms with E-state index in [1.807, 2.05) is 5.32 Å². The lowest BCUT2D eigenvalue weighted by atomic mass is 9.99. The van der Waals surface area contributed by atoms with Gasteiger partial charge in [-0.1, -0.05) is 48.0 Å². The number of unbranched alkanes of at least 4 members (excludes halogenated alkanes) is 1. The smallest absolute Gasteiger partial charge is 0.303 e. The molecule has 56 heteroatoms. The summed E-state index contributed by atoms with van der Waals surface area (Å²) < 4.78 is 0. The highest BCUT2D eigenvalue weighted by Crippen LogP contribution is 2.17. The number of carbonyl (C=O) groups is 27. The van der Waals surface area contributed by atoms with Gasteiger partial charge in [0.05, 0.1) is 19.4 Å². The van der Waals surface area contributed by atoms with E-state index < -0.39 is 392 Å². The number of aliphatic hydroxyl groups is 1. The fourth-order valence-electron chi connectivity index (χ4n) is 12.8. The molecule has 0 aliphatic carbocycles. The van der Waals surface area contributed by atoms with Gasteiger partial charge in [0.15, 0.2) is 0 Å². The number of hydrogen-bond acceptors (Lipinski definition) is 29. The van der Waals surface area contributed by atoms with Gasteiger partial charge in [0.1, 0.15) is 90.6 Å². The Morgan fingerprint density at radius 1 is 0.241 bits per heavy atom. The van der Waals surface area contributed by atoms with Crippen molar-refractivity contribution in [1.29, 1.82) is 0 Å². The number of carbonyl (C=O) groups excluding carboxylic acids is 22. The predicted octanol–water partition coefficient (Wildman–Crippen LogP) is -11.2. The normalized spacial score (nSPS) is 14.5. The number of aliphatic carboxylic acids is 5. The molecule has 16 unspecified atom stereocenters. The molecule has 137 heavy (non-hydrogen) atoms. The van der Waals surface area contributed by atoms with Crippen molar-refractivity contribution in [2.75, 3.05) is 20.2 Å². The van der Waals surface area contributed by atoms with Crippen molar-refractivity contribution in [3.05, 3.63) is 0 Å². The fourth-order valence-corrected chi connectivity index (χ4v) is 12.8. The van der Waals surface area contributed by atoms with Gasteiger partial charge in [0.2, 0.25) is 130 Å². The zero-order valence-electron chi connectivity index (χ0n) is 77.1. The van der Waals surface area contributed by atoms with E-state index in [0.717, 1.165) is 0 Å². The second-order valence-corrected chi connectivity index (χ2v) is 33.1. The van der Waals surface area contributed by atoms with Gasteiger partial charge in [-0.05, 0) is 114 Å². The van der Waals surface area contributed by atoms with E-state index in [9.17, 15) is 160 Å². The maximum Gasteiger partial charge on any atom is 0.303 e. The lowest BCUT2D eigenvalue weighted by Crippen LogP contribution is -2.61. The molecule has 0 radical (unpaired) electrons. The summed E-state index contributed by atoms with van der Waals surface area (Å²) in [7, 11) is 1.33. The van der Waals surface area contributed by atoms with Crippen LogP contribution >= 0.6 is 0 Å². The van der Waals surface area contributed by atoms with Crippen LogP contribution in [-0.4, -0.2) is 301 Å². The quantitative estimate of drug-likeness (QED) is 0.0251. The Kier molecular flexibility index (Phi) is 57.7. The lowest BCUT2D eigenvalue weighted by molar-refractivity contribution is -0.140. The van der Waals surface area contributed by atoms with Crippen LogP contribution < -0.4 is 125 Å². The second kappa shape index (κ2) is 64.5. The fraction of sp³-hybridized carbons (Fsp3) is 0.667. The number of hydrogen-bond donors (Lipinski definition) is 29. The second-order valence-electron chi connectivity index (χ2n) is 33.1. The predicted molar refractivity (Wildman–Crippen MR) is 472 cm³/mol. The van der Waals surface area contributed by atoms with Gasteiger partial charge in [-0.25, -0.2) is 0 Å². The van der Waals surface area contributed by atoms with Crippen LogP contribution in [0.5, 0.6) is 0 Å². The zero-order valence-corrected chi connectivity index (χ0v) is 77.1. The maximum absolute atomic E-state index is 14.6. The Labute approximate surface area is 785 Å². The van der Waals surface area contributed by atoms with E-state index in [1.54, 1.807) is 41.5 Å². The largest absolute Gasteiger partial charge is 0.481 e. The van der Waals surface area contributed by atoms with E-state index in [-0.39, 0.29) is 56.4 Å². The SMILES string of the molecule is CCC(C)CC(=O)NC(CCC(=O)O)C(=O)NC(CCC(=O)O)C(=O)NC(CO)C(=O)NC(CCC(N)=O)C(=O)NC(CC(N)=O)C(=O)NC(CCC(N)=O)C(=O)NC(CCC(N)=O)C(=O)NC(CCC(=O)O)C(=O)NC(CCCCN)C(=O)NC(CC(N)=O)C(=O)NC(CCC(=O)O)C(=O)NC(CCC(N)=O)C(=O)NC(CCC(=O)O)C(=O)NC(CC(C)C)C(=O)NC(CC(C)C)C(=O)NC. The molecule has 0 spiro atoms. The zero-order chi connectivity index (χ0) is 105. The van der Waals surface area contributed by atoms with Crippen LogP contribution in [0.4, 0.5) is 0 Å². The average Bonchev–Trinajstić information content (AvgIpc) is 0.850. The molecule has 0 fully saturated rings. The van der Waals surface area contributed by atoms with Crippen molar-refractivity contribution in [2.45, 2.75) is 306 Å². The van der Waals surface area contributed by atoms with Crippen LogP contribution in [0.15, 0.2) is 0 Å². The molecular weight excluding hydrogens is 1820 g/mol. The van der Waals surface area contributed by atoms with Crippen LogP contribution in [0.25, 0.3) is 0 Å². The molecule has 0 aromatic rings. The van der Waals surface area contributed by atoms with Crippen LogP contribution in [0.2, 0.25) is 0 Å². The summed E-state index contributed by atoms with van der Waals surface area (Å²) >= 11 is 0. The topological polar surface area (TPSA) is 957 Å². The van der Waals surface area contributed by atoms with Crippen molar-refractivity contribution in [1.82, 2.24) is 85.1 Å². The number of rotatable bonds is 73. The molecular formula is C81H133N23O33. The summed E-state index contributed by atoms with van der Waals surface area (Å²) in [5.41, 5.74) is 38.3. The minimum absolute atomic E-state index is 0.0692.